The monoisotopic (exact) mass is 246 g/mol. The van der Waals surface area contributed by atoms with Gasteiger partial charge in [0.15, 0.2) is 5.79 Å². The molecule has 0 amide bonds. The number of rotatable bonds is 1. The zero-order valence-electron chi connectivity index (χ0n) is 8.59. The van der Waals surface area contributed by atoms with E-state index < -0.39 is 5.79 Å². The third kappa shape index (κ3) is 2.13. The van der Waals surface area contributed by atoms with Gasteiger partial charge in [0.25, 0.3) is 0 Å². The van der Waals surface area contributed by atoms with Crippen molar-refractivity contribution < 1.29 is 9.47 Å². The molecule has 0 aliphatic carbocycles. The summed E-state index contributed by atoms with van der Waals surface area (Å²) >= 11 is 11.9. The van der Waals surface area contributed by atoms with Gasteiger partial charge >= 0.3 is 0 Å². The lowest BCUT2D eigenvalue weighted by Gasteiger charge is -2.24. The first-order valence-electron chi connectivity index (χ1n) is 4.78. The van der Waals surface area contributed by atoms with Crippen LogP contribution in [0.4, 0.5) is 0 Å². The van der Waals surface area contributed by atoms with E-state index in [1.54, 1.807) is 12.1 Å². The molecule has 1 aromatic rings. The molecule has 1 fully saturated rings. The molecule has 2 nitrogen and oxygen atoms in total. The molecule has 0 unspecified atom stereocenters. The van der Waals surface area contributed by atoms with Crippen LogP contribution in [0.25, 0.3) is 0 Å². The van der Waals surface area contributed by atoms with E-state index in [4.69, 9.17) is 32.7 Å². The van der Waals surface area contributed by atoms with Crippen molar-refractivity contribution >= 4 is 23.2 Å². The van der Waals surface area contributed by atoms with Crippen LogP contribution < -0.4 is 0 Å². The van der Waals surface area contributed by atoms with Crippen LogP contribution in [0.5, 0.6) is 0 Å². The van der Waals surface area contributed by atoms with Crippen LogP contribution in [-0.2, 0) is 15.3 Å². The van der Waals surface area contributed by atoms with Crippen LogP contribution in [-0.4, -0.2) is 12.7 Å². The molecule has 1 aliphatic heterocycles. The molecule has 1 saturated heterocycles. The first-order valence-corrected chi connectivity index (χ1v) is 5.54. The quantitative estimate of drug-likeness (QED) is 0.754. The fourth-order valence-corrected chi connectivity index (χ4v) is 2.31. The van der Waals surface area contributed by atoms with Gasteiger partial charge in [-0.25, -0.2) is 0 Å². The predicted octanol–water partition coefficient (Wildman–Crippen LogP) is 3.60. The molecule has 15 heavy (non-hydrogen) atoms. The zero-order chi connectivity index (χ0) is 11.1. The molecular weight excluding hydrogens is 235 g/mol. The van der Waals surface area contributed by atoms with Crippen LogP contribution in [0.15, 0.2) is 18.2 Å². The van der Waals surface area contributed by atoms with Crippen molar-refractivity contribution in [1.82, 2.24) is 0 Å². The zero-order valence-corrected chi connectivity index (χ0v) is 10.1. The number of benzene rings is 1. The minimum absolute atomic E-state index is 0.0849. The summed E-state index contributed by atoms with van der Waals surface area (Å²) in [5.41, 5.74) is 0.818. The number of hydrogen-bond donors (Lipinski definition) is 0. The highest BCUT2D eigenvalue weighted by Crippen LogP contribution is 2.38. The van der Waals surface area contributed by atoms with Crippen LogP contribution in [0, 0.1) is 0 Å². The normalized spacial score (nSPS) is 30.8. The Morgan fingerprint density at radius 2 is 2.13 bits per heavy atom. The van der Waals surface area contributed by atoms with E-state index in [0.717, 1.165) is 5.56 Å². The maximum Gasteiger partial charge on any atom is 0.193 e. The fraction of sp³-hybridized carbons (Fsp3) is 0.455. The molecule has 0 bridgehead atoms. The second-order valence-electron chi connectivity index (χ2n) is 3.81. The van der Waals surface area contributed by atoms with Gasteiger partial charge in [0, 0.05) is 10.6 Å². The maximum atomic E-state index is 6.10. The molecule has 0 spiro atoms. The van der Waals surface area contributed by atoms with Gasteiger partial charge in [-0.1, -0.05) is 29.3 Å². The Hall–Kier alpha value is -0.280. The van der Waals surface area contributed by atoms with Crippen molar-refractivity contribution in [2.45, 2.75) is 25.7 Å². The SMILES string of the molecule is C[C@@H]1CO[C@](C)(c2ccc(Cl)cc2Cl)O1. The molecular formula is C11H12Cl2O2. The molecule has 1 aliphatic rings. The van der Waals surface area contributed by atoms with E-state index in [1.807, 2.05) is 19.9 Å². The minimum Gasteiger partial charge on any atom is -0.343 e. The van der Waals surface area contributed by atoms with Gasteiger partial charge in [0.1, 0.15) is 0 Å². The summed E-state index contributed by atoms with van der Waals surface area (Å²) in [6, 6.07) is 5.31. The Bertz CT molecular complexity index is 381. The summed E-state index contributed by atoms with van der Waals surface area (Å²) in [5, 5.41) is 1.18. The minimum atomic E-state index is -0.749. The van der Waals surface area contributed by atoms with E-state index in [2.05, 4.69) is 0 Å². The lowest BCUT2D eigenvalue weighted by Crippen LogP contribution is -2.23. The second-order valence-corrected chi connectivity index (χ2v) is 4.65. The van der Waals surface area contributed by atoms with Gasteiger partial charge in [-0.2, -0.15) is 0 Å². The smallest absolute Gasteiger partial charge is 0.193 e. The standard InChI is InChI=1S/C11H12Cl2O2/c1-7-6-14-11(2,15-7)9-4-3-8(12)5-10(9)13/h3-5,7H,6H2,1-2H3/t7-,11+/m1/s1. The summed E-state index contributed by atoms with van der Waals surface area (Å²) < 4.78 is 11.3. The van der Waals surface area contributed by atoms with Crippen LogP contribution in [0.2, 0.25) is 10.0 Å². The molecule has 0 saturated carbocycles. The average Bonchev–Trinajstić information content (AvgIpc) is 2.46. The molecule has 82 valence electrons. The van der Waals surface area contributed by atoms with Crippen molar-refractivity contribution in [1.29, 1.82) is 0 Å². The molecule has 0 aromatic heterocycles. The van der Waals surface area contributed by atoms with Gasteiger partial charge in [-0.15, -0.1) is 0 Å². The highest BCUT2D eigenvalue weighted by molar-refractivity contribution is 6.35. The largest absolute Gasteiger partial charge is 0.343 e. The van der Waals surface area contributed by atoms with E-state index in [-0.39, 0.29) is 6.10 Å². The van der Waals surface area contributed by atoms with E-state index >= 15 is 0 Å². The number of halogens is 2. The summed E-state index contributed by atoms with van der Waals surface area (Å²) in [6.45, 7) is 4.41. The fourth-order valence-electron chi connectivity index (χ4n) is 1.73. The van der Waals surface area contributed by atoms with Crippen LogP contribution in [0.1, 0.15) is 19.4 Å². The highest BCUT2D eigenvalue weighted by Gasteiger charge is 2.38. The van der Waals surface area contributed by atoms with Gasteiger partial charge in [-0.05, 0) is 26.0 Å². The third-order valence-electron chi connectivity index (χ3n) is 2.44. The first-order chi connectivity index (χ1) is 7.01. The molecule has 0 radical (unpaired) electrons. The Labute approximate surface area is 99.1 Å². The average molecular weight is 247 g/mol. The van der Waals surface area contributed by atoms with Crippen molar-refractivity contribution in [3.05, 3.63) is 33.8 Å². The molecule has 0 N–H and O–H groups in total. The van der Waals surface area contributed by atoms with E-state index in [1.165, 1.54) is 0 Å². The van der Waals surface area contributed by atoms with E-state index in [9.17, 15) is 0 Å². The van der Waals surface area contributed by atoms with Crippen molar-refractivity contribution in [2.24, 2.45) is 0 Å². The van der Waals surface area contributed by atoms with Gasteiger partial charge < -0.3 is 9.47 Å². The summed E-state index contributed by atoms with van der Waals surface area (Å²) in [7, 11) is 0. The lowest BCUT2D eigenvalue weighted by molar-refractivity contribution is -0.159. The molecule has 1 aromatic carbocycles. The Kier molecular flexibility index (Phi) is 2.95. The highest BCUT2D eigenvalue weighted by atomic mass is 35.5. The van der Waals surface area contributed by atoms with Crippen molar-refractivity contribution in [3.8, 4) is 0 Å². The Morgan fingerprint density at radius 1 is 1.40 bits per heavy atom. The van der Waals surface area contributed by atoms with Crippen LogP contribution >= 0.6 is 23.2 Å². The Morgan fingerprint density at radius 3 is 2.67 bits per heavy atom. The number of ether oxygens (including phenoxy) is 2. The molecule has 2 atom stereocenters. The summed E-state index contributed by atoms with van der Waals surface area (Å²) in [6.07, 6.45) is 0.0849. The Balaban J connectivity index is 2.37. The topological polar surface area (TPSA) is 18.5 Å². The van der Waals surface area contributed by atoms with Crippen LogP contribution in [0.3, 0.4) is 0 Å². The van der Waals surface area contributed by atoms with Gasteiger partial charge in [0.05, 0.1) is 17.7 Å². The first kappa shape index (κ1) is 11.2. The van der Waals surface area contributed by atoms with Gasteiger partial charge in [-0.3, -0.25) is 0 Å². The molecule has 1 heterocycles. The second kappa shape index (κ2) is 3.95. The third-order valence-corrected chi connectivity index (χ3v) is 2.99. The summed E-state index contributed by atoms with van der Waals surface area (Å²) in [5.74, 6) is -0.749. The molecule has 2 rings (SSSR count). The maximum absolute atomic E-state index is 6.10. The van der Waals surface area contributed by atoms with Crippen molar-refractivity contribution in [2.75, 3.05) is 6.61 Å². The lowest BCUT2D eigenvalue weighted by atomic mass is 10.1. The van der Waals surface area contributed by atoms with E-state index in [0.29, 0.717) is 16.7 Å². The van der Waals surface area contributed by atoms with Crippen molar-refractivity contribution in [3.63, 3.8) is 0 Å². The molecule has 4 heteroatoms. The predicted molar refractivity (Wildman–Crippen MR) is 60.3 cm³/mol. The number of hydrogen-bond acceptors (Lipinski definition) is 2. The summed E-state index contributed by atoms with van der Waals surface area (Å²) in [4.78, 5) is 0. The van der Waals surface area contributed by atoms with Gasteiger partial charge in [0.2, 0.25) is 0 Å².